The molecule has 2 nitrogen and oxygen atoms in total. The van der Waals surface area contributed by atoms with Crippen LogP contribution in [0.2, 0.25) is 0 Å². The summed E-state index contributed by atoms with van der Waals surface area (Å²) in [7, 11) is 0. The molecule has 0 aromatic rings. The Morgan fingerprint density at radius 2 is 2.45 bits per heavy atom. The number of hydrogen-bond acceptors (Lipinski definition) is 2. The van der Waals surface area contributed by atoms with Crippen LogP contribution in [-0.2, 0) is 0 Å². The van der Waals surface area contributed by atoms with Crippen molar-refractivity contribution in [3.63, 3.8) is 0 Å². The van der Waals surface area contributed by atoms with Crippen molar-refractivity contribution in [3.05, 3.63) is 24.9 Å². The predicted molar refractivity (Wildman–Crippen MR) is 48.9 cm³/mol. The molecule has 0 bridgehead atoms. The second-order valence-corrected chi connectivity index (χ2v) is 2.65. The van der Waals surface area contributed by atoms with Gasteiger partial charge in [-0.25, -0.2) is 0 Å². The standard InChI is InChI=1S/C9H14N2/c1-3-6-10-8(2)9-5-4-7-11-9/h3,6,9,11H,1-2,4-5,7H2. The minimum Gasteiger partial charge on any atom is -0.309 e. The molecular weight excluding hydrogens is 136 g/mol. The van der Waals surface area contributed by atoms with Gasteiger partial charge in [0.25, 0.3) is 0 Å². The van der Waals surface area contributed by atoms with Crippen LogP contribution < -0.4 is 5.32 Å². The Morgan fingerprint density at radius 3 is 3.00 bits per heavy atom. The van der Waals surface area contributed by atoms with Crippen LogP contribution in [0.15, 0.2) is 29.9 Å². The summed E-state index contributed by atoms with van der Waals surface area (Å²) in [5, 5.41) is 3.32. The van der Waals surface area contributed by atoms with Gasteiger partial charge in [-0.15, -0.1) is 0 Å². The van der Waals surface area contributed by atoms with E-state index in [-0.39, 0.29) is 0 Å². The number of nitrogens with zero attached hydrogens (tertiary/aromatic N) is 1. The highest BCUT2D eigenvalue weighted by molar-refractivity contribution is 5.71. The molecule has 0 radical (unpaired) electrons. The van der Waals surface area contributed by atoms with Gasteiger partial charge in [-0.05, 0) is 19.4 Å². The Labute approximate surface area is 67.7 Å². The highest BCUT2D eigenvalue weighted by Gasteiger charge is 2.15. The van der Waals surface area contributed by atoms with Gasteiger partial charge in [0.05, 0.1) is 5.70 Å². The first-order valence-corrected chi connectivity index (χ1v) is 3.92. The molecule has 0 spiro atoms. The molecule has 0 aliphatic carbocycles. The number of rotatable bonds is 3. The van der Waals surface area contributed by atoms with E-state index in [1.54, 1.807) is 12.3 Å². The summed E-state index contributed by atoms with van der Waals surface area (Å²) >= 11 is 0. The molecule has 0 amide bonds. The first-order valence-electron chi connectivity index (χ1n) is 3.92. The van der Waals surface area contributed by atoms with Crippen molar-refractivity contribution >= 4 is 6.21 Å². The zero-order valence-electron chi connectivity index (χ0n) is 6.71. The molecule has 0 saturated carbocycles. The highest BCUT2D eigenvalue weighted by atomic mass is 15.0. The number of nitrogens with one attached hydrogen (secondary N) is 1. The van der Waals surface area contributed by atoms with Gasteiger partial charge in [0.15, 0.2) is 0 Å². The van der Waals surface area contributed by atoms with Crippen LogP contribution in [0.5, 0.6) is 0 Å². The zero-order valence-corrected chi connectivity index (χ0v) is 6.71. The van der Waals surface area contributed by atoms with Crippen LogP contribution in [0.1, 0.15) is 12.8 Å². The number of hydrogen-bond donors (Lipinski definition) is 1. The Hall–Kier alpha value is -0.890. The van der Waals surface area contributed by atoms with E-state index in [4.69, 9.17) is 0 Å². The highest BCUT2D eigenvalue weighted by Crippen LogP contribution is 2.12. The molecule has 1 rings (SSSR count). The Balaban J connectivity index is 2.40. The normalized spacial score (nSPS) is 24.2. The zero-order chi connectivity index (χ0) is 8.10. The van der Waals surface area contributed by atoms with Crippen molar-refractivity contribution in [3.8, 4) is 0 Å². The Bertz CT molecular complexity index is 176. The van der Waals surface area contributed by atoms with Crippen LogP contribution in [0.25, 0.3) is 0 Å². The van der Waals surface area contributed by atoms with Crippen LogP contribution in [0.3, 0.4) is 0 Å². The molecule has 60 valence electrons. The van der Waals surface area contributed by atoms with E-state index in [1.165, 1.54) is 6.42 Å². The number of aliphatic imine (C=N–C) groups is 1. The smallest absolute Gasteiger partial charge is 0.0501 e. The largest absolute Gasteiger partial charge is 0.309 e. The fourth-order valence-corrected chi connectivity index (χ4v) is 1.21. The van der Waals surface area contributed by atoms with E-state index in [2.05, 4.69) is 23.5 Å². The maximum absolute atomic E-state index is 4.12. The predicted octanol–water partition coefficient (Wildman–Crippen LogP) is 1.51. The van der Waals surface area contributed by atoms with Gasteiger partial charge in [-0.1, -0.05) is 19.2 Å². The molecular formula is C9H14N2. The van der Waals surface area contributed by atoms with Crippen molar-refractivity contribution in [2.45, 2.75) is 18.9 Å². The summed E-state index contributed by atoms with van der Waals surface area (Å²) < 4.78 is 0. The summed E-state index contributed by atoms with van der Waals surface area (Å²) in [6, 6.07) is 0.395. The third kappa shape index (κ3) is 2.31. The molecule has 1 unspecified atom stereocenters. The average Bonchev–Trinajstić information content (AvgIpc) is 2.52. The molecule has 0 aromatic heterocycles. The SMILES string of the molecule is C=CC=NC(=C)C1CCCN1. The first kappa shape index (κ1) is 8.21. The van der Waals surface area contributed by atoms with Gasteiger partial charge in [-0.2, -0.15) is 0 Å². The third-order valence-electron chi connectivity index (χ3n) is 1.81. The van der Waals surface area contributed by atoms with Crippen molar-refractivity contribution in [1.82, 2.24) is 5.32 Å². The van der Waals surface area contributed by atoms with Gasteiger partial charge in [-0.3, -0.25) is 4.99 Å². The molecule has 1 atom stereocenters. The van der Waals surface area contributed by atoms with E-state index >= 15 is 0 Å². The van der Waals surface area contributed by atoms with E-state index in [0.717, 1.165) is 18.7 Å². The summed E-state index contributed by atoms with van der Waals surface area (Å²) in [4.78, 5) is 4.12. The van der Waals surface area contributed by atoms with Crippen LogP contribution in [-0.4, -0.2) is 18.8 Å². The molecule has 1 aliphatic heterocycles. The minimum absolute atomic E-state index is 0.395. The maximum Gasteiger partial charge on any atom is 0.0501 e. The lowest BCUT2D eigenvalue weighted by Crippen LogP contribution is -2.22. The van der Waals surface area contributed by atoms with Gasteiger partial charge in [0.1, 0.15) is 0 Å². The van der Waals surface area contributed by atoms with Crippen LogP contribution >= 0.6 is 0 Å². The summed E-state index contributed by atoms with van der Waals surface area (Å²) in [5.74, 6) is 0. The molecule has 1 aliphatic rings. The quantitative estimate of drug-likeness (QED) is 0.606. The fraction of sp³-hybridized carbons (Fsp3) is 0.444. The molecule has 0 aromatic carbocycles. The second kappa shape index (κ2) is 4.09. The van der Waals surface area contributed by atoms with Gasteiger partial charge in [0.2, 0.25) is 0 Å². The second-order valence-electron chi connectivity index (χ2n) is 2.65. The van der Waals surface area contributed by atoms with E-state index in [1.807, 2.05) is 0 Å². The molecule has 1 heterocycles. The molecule has 2 heteroatoms. The van der Waals surface area contributed by atoms with Crippen molar-refractivity contribution in [2.75, 3.05) is 6.54 Å². The van der Waals surface area contributed by atoms with Crippen molar-refractivity contribution in [1.29, 1.82) is 0 Å². The van der Waals surface area contributed by atoms with E-state index in [9.17, 15) is 0 Å². The van der Waals surface area contributed by atoms with Crippen molar-refractivity contribution in [2.24, 2.45) is 4.99 Å². The monoisotopic (exact) mass is 150 g/mol. The van der Waals surface area contributed by atoms with Crippen LogP contribution in [0.4, 0.5) is 0 Å². The van der Waals surface area contributed by atoms with Crippen LogP contribution in [0, 0.1) is 0 Å². The lowest BCUT2D eigenvalue weighted by Gasteiger charge is -2.07. The summed E-state index contributed by atoms with van der Waals surface area (Å²) in [5.41, 5.74) is 0.919. The number of allylic oxidation sites excluding steroid dienone is 1. The molecule has 1 saturated heterocycles. The van der Waals surface area contributed by atoms with Crippen molar-refractivity contribution < 1.29 is 0 Å². The molecule has 1 fully saturated rings. The third-order valence-corrected chi connectivity index (χ3v) is 1.81. The average molecular weight is 150 g/mol. The van der Waals surface area contributed by atoms with Gasteiger partial charge in [0, 0.05) is 12.3 Å². The van der Waals surface area contributed by atoms with E-state index in [0.29, 0.717) is 6.04 Å². The molecule has 1 N–H and O–H groups in total. The lowest BCUT2D eigenvalue weighted by atomic mass is 10.2. The Morgan fingerprint density at radius 1 is 1.64 bits per heavy atom. The first-order chi connectivity index (χ1) is 5.34. The summed E-state index contributed by atoms with van der Waals surface area (Å²) in [6.07, 6.45) is 5.74. The summed E-state index contributed by atoms with van der Waals surface area (Å²) in [6.45, 7) is 8.51. The van der Waals surface area contributed by atoms with Gasteiger partial charge < -0.3 is 5.32 Å². The van der Waals surface area contributed by atoms with E-state index < -0.39 is 0 Å². The minimum atomic E-state index is 0.395. The maximum atomic E-state index is 4.12. The Kier molecular flexibility index (Phi) is 3.05. The fourth-order valence-electron chi connectivity index (χ4n) is 1.21. The van der Waals surface area contributed by atoms with Gasteiger partial charge >= 0.3 is 0 Å². The molecule has 11 heavy (non-hydrogen) atoms. The lowest BCUT2D eigenvalue weighted by molar-refractivity contribution is 0.686. The topological polar surface area (TPSA) is 24.4 Å².